The van der Waals surface area contributed by atoms with Gasteiger partial charge in [0.1, 0.15) is 10.3 Å². The van der Waals surface area contributed by atoms with Gasteiger partial charge < -0.3 is 29.8 Å². The number of hydrogen-bond donors (Lipinski definition) is 6. The topological polar surface area (TPSA) is 156 Å². The van der Waals surface area contributed by atoms with Gasteiger partial charge in [0, 0.05) is 0 Å². The minimum absolute atomic E-state index is 0.360. The van der Waals surface area contributed by atoms with Crippen molar-refractivity contribution < 1.29 is 38.9 Å². The Morgan fingerprint density at radius 2 is 1.29 bits per heavy atom. The van der Waals surface area contributed by atoms with E-state index < -0.39 is 42.3 Å². The SMILES string of the molecule is O=P(O)(O)c1cc(P(=O)(O)O)c(Cl)c(O)c1O. The summed E-state index contributed by atoms with van der Waals surface area (Å²) >= 11 is 5.35. The van der Waals surface area contributed by atoms with Gasteiger partial charge in [-0.3, -0.25) is 9.13 Å². The molecular weight excluding hydrogens is 297 g/mol. The number of hydrogen-bond acceptors (Lipinski definition) is 4. The highest BCUT2D eigenvalue weighted by molar-refractivity contribution is 7.62. The molecule has 0 aliphatic carbocycles. The maximum absolute atomic E-state index is 11.0. The molecule has 6 N–H and O–H groups in total. The standard InChI is InChI=1S/C6H7ClO8P2/c7-4-2(16(10,11)12)1-3(17(13,14)15)5(8)6(4)9/h1,8-9H,(H2,10,11,12)(H2,13,14,15). The van der Waals surface area contributed by atoms with E-state index in [4.69, 9.17) is 31.2 Å². The van der Waals surface area contributed by atoms with Crippen LogP contribution in [-0.4, -0.2) is 29.8 Å². The molecule has 0 unspecified atom stereocenters. The first kappa shape index (κ1) is 14.5. The second-order valence-corrected chi connectivity index (χ2v) is 6.53. The molecule has 0 saturated carbocycles. The molecular formula is C6H7ClO8P2. The van der Waals surface area contributed by atoms with Crippen LogP contribution in [0.1, 0.15) is 0 Å². The van der Waals surface area contributed by atoms with Gasteiger partial charge in [-0.1, -0.05) is 11.6 Å². The molecule has 8 nitrogen and oxygen atoms in total. The van der Waals surface area contributed by atoms with Crippen molar-refractivity contribution in [2.75, 3.05) is 0 Å². The fourth-order valence-corrected chi connectivity index (χ4v) is 2.96. The van der Waals surface area contributed by atoms with Crippen molar-refractivity contribution in [3.05, 3.63) is 11.1 Å². The maximum atomic E-state index is 11.0. The first-order chi connectivity index (χ1) is 7.46. The second-order valence-electron chi connectivity index (χ2n) is 3.01. The molecule has 1 aromatic rings. The Morgan fingerprint density at radius 1 is 0.882 bits per heavy atom. The van der Waals surface area contributed by atoms with Crippen molar-refractivity contribution in [1.82, 2.24) is 0 Å². The van der Waals surface area contributed by atoms with Gasteiger partial charge in [-0.05, 0) is 6.07 Å². The van der Waals surface area contributed by atoms with Gasteiger partial charge in [0.15, 0.2) is 11.5 Å². The predicted octanol–water partition coefficient (Wildman–Crippen LogP) is -0.643. The highest BCUT2D eigenvalue weighted by Crippen LogP contribution is 2.46. The molecule has 11 heteroatoms. The molecule has 0 fully saturated rings. The Hall–Kier alpha value is -0.590. The Morgan fingerprint density at radius 3 is 1.65 bits per heavy atom. The lowest BCUT2D eigenvalue weighted by Crippen LogP contribution is -2.15. The Labute approximate surface area is 99.4 Å². The number of phenolic OH excluding ortho intramolecular Hbond substituents is 2. The van der Waals surface area contributed by atoms with Gasteiger partial charge in [0.25, 0.3) is 0 Å². The van der Waals surface area contributed by atoms with Crippen LogP contribution in [-0.2, 0) is 9.13 Å². The van der Waals surface area contributed by atoms with Crippen molar-refractivity contribution in [3.63, 3.8) is 0 Å². The lowest BCUT2D eigenvalue weighted by atomic mass is 10.3. The monoisotopic (exact) mass is 304 g/mol. The number of aromatic hydroxyl groups is 2. The Balaban J connectivity index is 3.75. The average Bonchev–Trinajstić information content (AvgIpc) is 2.10. The first-order valence-corrected chi connectivity index (χ1v) is 7.43. The summed E-state index contributed by atoms with van der Waals surface area (Å²) in [4.78, 5) is 35.4. The minimum Gasteiger partial charge on any atom is -0.504 e. The molecule has 1 aromatic carbocycles. The summed E-state index contributed by atoms with van der Waals surface area (Å²) < 4.78 is 21.9. The molecule has 0 spiro atoms. The zero-order chi connectivity index (χ0) is 13.6. The fourth-order valence-electron chi connectivity index (χ4n) is 1.04. The van der Waals surface area contributed by atoms with E-state index in [0.29, 0.717) is 6.07 Å². The summed E-state index contributed by atoms with van der Waals surface area (Å²) in [6, 6.07) is 0.360. The highest BCUT2D eigenvalue weighted by atomic mass is 35.5. The lowest BCUT2D eigenvalue weighted by molar-refractivity contribution is 0.378. The van der Waals surface area contributed by atoms with E-state index in [1.165, 1.54) is 0 Å². The van der Waals surface area contributed by atoms with E-state index >= 15 is 0 Å². The van der Waals surface area contributed by atoms with Gasteiger partial charge in [0.2, 0.25) is 0 Å². The maximum Gasteiger partial charge on any atom is 0.360 e. The van der Waals surface area contributed by atoms with Gasteiger partial charge in [-0.15, -0.1) is 0 Å². The van der Waals surface area contributed by atoms with Crippen LogP contribution in [0.15, 0.2) is 6.07 Å². The number of phenols is 2. The Bertz CT molecular complexity index is 511. The molecule has 0 bridgehead atoms. The predicted molar refractivity (Wildman–Crippen MR) is 58.1 cm³/mol. The molecule has 0 atom stereocenters. The van der Waals surface area contributed by atoms with E-state index in [1.54, 1.807) is 0 Å². The Kier molecular flexibility index (Phi) is 3.63. The average molecular weight is 305 g/mol. The molecule has 17 heavy (non-hydrogen) atoms. The third kappa shape index (κ3) is 2.81. The molecule has 0 amide bonds. The zero-order valence-corrected chi connectivity index (χ0v) is 10.4. The number of halogens is 1. The lowest BCUT2D eigenvalue weighted by Gasteiger charge is -2.13. The molecule has 0 aliphatic heterocycles. The molecule has 96 valence electrons. The van der Waals surface area contributed by atoms with E-state index in [2.05, 4.69) is 0 Å². The van der Waals surface area contributed by atoms with Gasteiger partial charge in [-0.2, -0.15) is 0 Å². The molecule has 0 aliphatic rings. The number of benzene rings is 1. The third-order valence-electron chi connectivity index (χ3n) is 1.80. The molecule has 1 rings (SSSR count). The van der Waals surface area contributed by atoms with Crippen LogP contribution in [0, 0.1) is 0 Å². The van der Waals surface area contributed by atoms with Gasteiger partial charge in [-0.25, -0.2) is 0 Å². The summed E-state index contributed by atoms with van der Waals surface area (Å²) in [5.41, 5.74) is 0. The zero-order valence-electron chi connectivity index (χ0n) is 7.85. The normalized spacial score (nSPS) is 12.8. The highest BCUT2D eigenvalue weighted by Gasteiger charge is 2.32. The van der Waals surface area contributed by atoms with Crippen LogP contribution in [0.3, 0.4) is 0 Å². The third-order valence-corrected chi connectivity index (χ3v) is 4.26. The molecule has 0 heterocycles. The summed E-state index contributed by atoms with van der Waals surface area (Å²) in [5, 5.41) is 15.5. The van der Waals surface area contributed by atoms with Gasteiger partial charge >= 0.3 is 15.2 Å². The summed E-state index contributed by atoms with van der Waals surface area (Å²) in [5.74, 6) is -2.42. The van der Waals surface area contributed by atoms with E-state index in [-0.39, 0.29) is 0 Å². The van der Waals surface area contributed by atoms with Crippen molar-refractivity contribution in [2.24, 2.45) is 0 Å². The van der Waals surface area contributed by atoms with E-state index in [1.807, 2.05) is 0 Å². The van der Waals surface area contributed by atoms with Crippen LogP contribution in [0.25, 0.3) is 0 Å². The van der Waals surface area contributed by atoms with Crippen molar-refractivity contribution in [3.8, 4) is 11.5 Å². The summed E-state index contributed by atoms with van der Waals surface area (Å²) in [6.07, 6.45) is 0. The number of rotatable bonds is 2. The summed E-state index contributed by atoms with van der Waals surface area (Å²) in [6.45, 7) is 0. The van der Waals surface area contributed by atoms with Gasteiger partial charge in [0.05, 0.1) is 5.30 Å². The molecule has 0 radical (unpaired) electrons. The molecule has 0 aromatic heterocycles. The van der Waals surface area contributed by atoms with E-state index in [9.17, 15) is 19.3 Å². The van der Waals surface area contributed by atoms with E-state index in [0.717, 1.165) is 0 Å². The summed E-state index contributed by atoms with van der Waals surface area (Å²) in [7, 11) is -9.96. The van der Waals surface area contributed by atoms with Crippen LogP contribution in [0.5, 0.6) is 11.5 Å². The van der Waals surface area contributed by atoms with Crippen LogP contribution in [0.2, 0.25) is 5.02 Å². The quantitative estimate of drug-likeness (QED) is 0.311. The van der Waals surface area contributed by atoms with Crippen LogP contribution >= 0.6 is 26.8 Å². The largest absolute Gasteiger partial charge is 0.504 e. The van der Waals surface area contributed by atoms with Crippen LogP contribution < -0.4 is 10.6 Å². The van der Waals surface area contributed by atoms with Crippen LogP contribution in [0.4, 0.5) is 0 Å². The minimum atomic E-state index is -5.01. The smallest absolute Gasteiger partial charge is 0.360 e. The fraction of sp³-hybridized carbons (Fsp3) is 0. The van der Waals surface area contributed by atoms with Crippen molar-refractivity contribution in [2.45, 2.75) is 0 Å². The first-order valence-electron chi connectivity index (χ1n) is 3.83. The van der Waals surface area contributed by atoms with Crippen molar-refractivity contribution >= 4 is 37.4 Å². The second kappa shape index (κ2) is 4.26. The van der Waals surface area contributed by atoms with Crippen molar-refractivity contribution in [1.29, 1.82) is 0 Å². The molecule has 0 saturated heterocycles.